The fourth-order valence-electron chi connectivity index (χ4n) is 2.21. The molecule has 0 atom stereocenters. The number of aliphatic carboxylic acids is 1. The fraction of sp³-hybridized carbons (Fsp3) is 0.357. The summed E-state index contributed by atoms with van der Waals surface area (Å²) in [5.74, 6) is -1.10. The number of carbonyl (C=O) groups excluding carboxylic acids is 1. The summed E-state index contributed by atoms with van der Waals surface area (Å²) in [6.45, 7) is 0. The SMILES string of the molecule is O=C(O)CCC(=O)c1ccc2c(c1)ncn2C1CC1. The lowest BCUT2D eigenvalue weighted by Crippen LogP contribution is -2.03. The summed E-state index contributed by atoms with van der Waals surface area (Å²) in [7, 11) is 0. The Labute approximate surface area is 109 Å². The Morgan fingerprint density at radius 3 is 2.79 bits per heavy atom. The highest BCUT2D eigenvalue weighted by Crippen LogP contribution is 2.37. The minimum absolute atomic E-state index is 0.0319. The van der Waals surface area contributed by atoms with E-state index in [2.05, 4.69) is 9.55 Å². The van der Waals surface area contributed by atoms with Gasteiger partial charge in [0, 0.05) is 18.0 Å². The largest absolute Gasteiger partial charge is 0.481 e. The van der Waals surface area contributed by atoms with Crippen LogP contribution in [0, 0.1) is 0 Å². The third-order valence-electron chi connectivity index (χ3n) is 3.40. The molecule has 0 spiro atoms. The third-order valence-corrected chi connectivity index (χ3v) is 3.40. The van der Waals surface area contributed by atoms with Crippen LogP contribution in [0.3, 0.4) is 0 Å². The van der Waals surface area contributed by atoms with Gasteiger partial charge in [-0.05, 0) is 31.0 Å². The molecule has 1 aliphatic carbocycles. The summed E-state index contributed by atoms with van der Waals surface area (Å²) in [6.07, 6.45) is 4.08. The molecule has 5 heteroatoms. The zero-order valence-corrected chi connectivity index (χ0v) is 10.4. The van der Waals surface area contributed by atoms with Gasteiger partial charge in [0.05, 0.1) is 23.8 Å². The number of fused-ring (bicyclic) bond motifs is 1. The van der Waals surface area contributed by atoms with E-state index in [1.54, 1.807) is 12.1 Å². The van der Waals surface area contributed by atoms with Crippen LogP contribution in [0.25, 0.3) is 11.0 Å². The van der Waals surface area contributed by atoms with Gasteiger partial charge in [0.25, 0.3) is 0 Å². The van der Waals surface area contributed by atoms with Crippen LogP contribution in [0.5, 0.6) is 0 Å². The number of ketones is 1. The van der Waals surface area contributed by atoms with Gasteiger partial charge >= 0.3 is 5.97 Å². The van der Waals surface area contributed by atoms with E-state index in [9.17, 15) is 9.59 Å². The van der Waals surface area contributed by atoms with Crippen molar-refractivity contribution in [3.8, 4) is 0 Å². The molecule has 1 fully saturated rings. The highest BCUT2D eigenvalue weighted by atomic mass is 16.4. The quantitative estimate of drug-likeness (QED) is 0.836. The molecule has 0 amide bonds. The lowest BCUT2D eigenvalue weighted by molar-refractivity contribution is -0.136. The van der Waals surface area contributed by atoms with Gasteiger partial charge in [0.15, 0.2) is 5.78 Å². The van der Waals surface area contributed by atoms with Crippen molar-refractivity contribution in [2.75, 3.05) is 0 Å². The molecule has 1 heterocycles. The van der Waals surface area contributed by atoms with Crippen molar-refractivity contribution in [3.63, 3.8) is 0 Å². The molecule has 19 heavy (non-hydrogen) atoms. The van der Waals surface area contributed by atoms with Crippen LogP contribution >= 0.6 is 0 Å². The van der Waals surface area contributed by atoms with E-state index in [-0.39, 0.29) is 18.6 Å². The molecule has 0 radical (unpaired) electrons. The van der Waals surface area contributed by atoms with E-state index in [4.69, 9.17) is 5.11 Å². The van der Waals surface area contributed by atoms with Crippen molar-refractivity contribution in [1.82, 2.24) is 9.55 Å². The van der Waals surface area contributed by atoms with Gasteiger partial charge in [-0.2, -0.15) is 0 Å². The number of carboxylic acids is 1. The van der Waals surface area contributed by atoms with E-state index in [1.165, 1.54) is 12.8 Å². The number of rotatable bonds is 5. The predicted molar refractivity (Wildman–Crippen MR) is 69.2 cm³/mol. The lowest BCUT2D eigenvalue weighted by Gasteiger charge is -2.02. The van der Waals surface area contributed by atoms with Crippen molar-refractivity contribution in [3.05, 3.63) is 30.1 Å². The molecule has 1 aromatic carbocycles. The first-order valence-electron chi connectivity index (χ1n) is 6.37. The van der Waals surface area contributed by atoms with Gasteiger partial charge in [-0.25, -0.2) is 4.98 Å². The topological polar surface area (TPSA) is 72.2 Å². The number of benzene rings is 1. The first-order valence-corrected chi connectivity index (χ1v) is 6.37. The fourth-order valence-corrected chi connectivity index (χ4v) is 2.21. The van der Waals surface area contributed by atoms with Crippen molar-refractivity contribution < 1.29 is 14.7 Å². The maximum atomic E-state index is 11.8. The number of hydrogen-bond donors (Lipinski definition) is 1. The Morgan fingerprint density at radius 2 is 2.11 bits per heavy atom. The van der Waals surface area contributed by atoms with E-state index < -0.39 is 5.97 Å². The van der Waals surface area contributed by atoms with Crippen molar-refractivity contribution in [2.45, 2.75) is 31.7 Å². The Hall–Kier alpha value is -2.17. The summed E-state index contributed by atoms with van der Waals surface area (Å²) in [6, 6.07) is 5.96. The van der Waals surface area contributed by atoms with Gasteiger partial charge in [0.1, 0.15) is 0 Å². The normalized spacial score (nSPS) is 14.7. The molecular formula is C14H14N2O3. The van der Waals surface area contributed by atoms with Crippen LogP contribution in [0.15, 0.2) is 24.5 Å². The number of imidazole rings is 1. The first-order chi connectivity index (χ1) is 9.15. The van der Waals surface area contributed by atoms with E-state index >= 15 is 0 Å². The molecule has 2 aromatic rings. The molecule has 0 saturated heterocycles. The number of Topliss-reactive ketones (excluding diaryl/α,β-unsaturated/α-hetero) is 1. The number of carboxylic acid groups (broad SMARTS) is 1. The van der Waals surface area contributed by atoms with E-state index in [0.29, 0.717) is 11.6 Å². The average Bonchev–Trinajstić information content (AvgIpc) is 3.15. The highest BCUT2D eigenvalue weighted by Gasteiger charge is 2.25. The second-order valence-electron chi connectivity index (χ2n) is 4.90. The maximum Gasteiger partial charge on any atom is 0.303 e. The average molecular weight is 258 g/mol. The summed E-state index contributed by atoms with van der Waals surface area (Å²) in [4.78, 5) is 26.6. The van der Waals surface area contributed by atoms with Crippen molar-refractivity contribution >= 4 is 22.8 Å². The summed E-state index contributed by atoms with van der Waals surface area (Å²) < 4.78 is 2.14. The molecule has 3 rings (SSSR count). The van der Waals surface area contributed by atoms with Crippen LogP contribution in [-0.4, -0.2) is 26.4 Å². The minimum atomic E-state index is -0.951. The minimum Gasteiger partial charge on any atom is -0.481 e. The summed E-state index contributed by atoms with van der Waals surface area (Å²) in [5, 5.41) is 8.58. The number of aromatic nitrogens is 2. The Balaban J connectivity index is 1.85. The molecule has 0 aliphatic heterocycles. The van der Waals surface area contributed by atoms with Crippen LogP contribution < -0.4 is 0 Å². The molecule has 0 unspecified atom stereocenters. The van der Waals surface area contributed by atoms with E-state index in [1.807, 2.05) is 12.4 Å². The monoisotopic (exact) mass is 258 g/mol. The molecule has 0 bridgehead atoms. The standard InChI is InChI=1S/C14H14N2O3/c17-13(5-6-14(18)19)9-1-4-12-11(7-9)15-8-16(12)10-2-3-10/h1,4,7-8,10H,2-3,5-6H2,(H,18,19). The zero-order valence-electron chi connectivity index (χ0n) is 10.4. The van der Waals surface area contributed by atoms with Crippen molar-refractivity contribution in [2.24, 2.45) is 0 Å². The summed E-state index contributed by atoms with van der Waals surface area (Å²) in [5.41, 5.74) is 2.38. The number of carbonyl (C=O) groups is 2. The second-order valence-corrected chi connectivity index (χ2v) is 4.90. The molecule has 1 N–H and O–H groups in total. The van der Waals surface area contributed by atoms with Crippen LogP contribution in [0.4, 0.5) is 0 Å². The number of nitrogens with zero attached hydrogens (tertiary/aromatic N) is 2. The van der Waals surface area contributed by atoms with Crippen LogP contribution in [0.2, 0.25) is 0 Å². The second kappa shape index (κ2) is 4.50. The molecule has 98 valence electrons. The van der Waals surface area contributed by atoms with Crippen LogP contribution in [-0.2, 0) is 4.79 Å². The predicted octanol–water partition coefficient (Wildman–Crippen LogP) is 2.42. The van der Waals surface area contributed by atoms with Gasteiger partial charge in [-0.3, -0.25) is 9.59 Å². The van der Waals surface area contributed by atoms with Crippen LogP contribution in [0.1, 0.15) is 42.1 Å². The lowest BCUT2D eigenvalue weighted by atomic mass is 10.1. The third kappa shape index (κ3) is 2.36. The molecule has 1 saturated carbocycles. The smallest absolute Gasteiger partial charge is 0.303 e. The Morgan fingerprint density at radius 1 is 1.32 bits per heavy atom. The Bertz CT molecular complexity index is 656. The van der Waals surface area contributed by atoms with Crippen molar-refractivity contribution in [1.29, 1.82) is 0 Å². The summed E-state index contributed by atoms with van der Waals surface area (Å²) >= 11 is 0. The maximum absolute atomic E-state index is 11.8. The van der Waals surface area contributed by atoms with Gasteiger partial charge in [0.2, 0.25) is 0 Å². The first kappa shape index (κ1) is 11.9. The molecular weight excluding hydrogens is 244 g/mol. The Kier molecular flexibility index (Phi) is 2.81. The number of hydrogen-bond acceptors (Lipinski definition) is 3. The van der Waals surface area contributed by atoms with Gasteiger partial charge in [-0.1, -0.05) is 0 Å². The molecule has 1 aromatic heterocycles. The zero-order chi connectivity index (χ0) is 13.4. The highest BCUT2D eigenvalue weighted by molar-refractivity contribution is 6.00. The van der Waals surface area contributed by atoms with Gasteiger partial charge in [-0.15, -0.1) is 0 Å². The molecule has 5 nitrogen and oxygen atoms in total. The van der Waals surface area contributed by atoms with E-state index in [0.717, 1.165) is 11.0 Å². The van der Waals surface area contributed by atoms with Gasteiger partial charge < -0.3 is 9.67 Å². The molecule has 1 aliphatic rings.